The van der Waals surface area contributed by atoms with Crippen molar-refractivity contribution in [1.82, 2.24) is 4.90 Å². The Morgan fingerprint density at radius 1 is 1.14 bits per heavy atom. The molecule has 0 aromatic heterocycles. The summed E-state index contributed by atoms with van der Waals surface area (Å²) in [5.74, 6) is 1.21. The molecule has 2 nitrogen and oxygen atoms in total. The van der Waals surface area contributed by atoms with Gasteiger partial charge in [0.05, 0.1) is 12.1 Å². The molecule has 1 aliphatic heterocycles. The zero-order valence-electron chi connectivity index (χ0n) is 13.0. The van der Waals surface area contributed by atoms with Crippen LogP contribution < -0.4 is 4.74 Å². The van der Waals surface area contributed by atoms with Crippen LogP contribution >= 0.6 is 11.6 Å². The average Bonchev–Trinajstić information content (AvgIpc) is 2.86. The van der Waals surface area contributed by atoms with Crippen molar-refractivity contribution in [3.05, 3.63) is 63.7 Å². The van der Waals surface area contributed by atoms with Gasteiger partial charge in [0.1, 0.15) is 5.75 Å². The molecule has 4 rings (SSSR count). The number of methoxy groups -OCH3 is 1. The van der Waals surface area contributed by atoms with E-state index in [1.807, 2.05) is 0 Å². The van der Waals surface area contributed by atoms with Gasteiger partial charge in [0, 0.05) is 18.5 Å². The van der Waals surface area contributed by atoms with Gasteiger partial charge in [-0.3, -0.25) is 0 Å². The van der Waals surface area contributed by atoms with E-state index in [-0.39, 0.29) is 0 Å². The second kappa shape index (κ2) is 5.29. The van der Waals surface area contributed by atoms with E-state index in [1.165, 1.54) is 22.3 Å². The van der Waals surface area contributed by atoms with Crippen LogP contribution in [0, 0.1) is 0 Å². The van der Waals surface area contributed by atoms with E-state index in [0.29, 0.717) is 17.0 Å². The predicted octanol–water partition coefficient (Wildman–Crippen LogP) is 3.89. The van der Waals surface area contributed by atoms with Crippen molar-refractivity contribution in [2.24, 2.45) is 0 Å². The molecule has 1 aliphatic carbocycles. The Morgan fingerprint density at radius 3 is 2.77 bits per heavy atom. The van der Waals surface area contributed by atoms with Crippen LogP contribution in [0.4, 0.5) is 0 Å². The van der Waals surface area contributed by atoms with Gasteiger partial charge in [-0.15, -0.1) is 0 Å². The van der Waals surface area contributed by atoms with Crippen molar-refractivity contribution < 1.29 is 4.74 Å². The van der Waals surface area contributed by atoms with Crippen LogP contribution in [-0.4, -0.2) is 31.6 Å². The smallest absolute Gasteiger partial charge is 0.137 e. The van der Waals surface area contributed by atoms with E-state index in [0.717, 1.165) is 25.1 Å². The SMILES string of the molecule is COc1cc2c(cc1Cl)CCN(C)[C@@H]1Cc3ccccc3[C@@H]21. The summed E-state index contributed by atoms with van der Waals surface area (Å²) in [7, 11) is 3.94. The molecule has 0 amide bonds. The Bertz CT molecular complexity index is 727. The third kappa shape index (κ3) is 2.05. The molecule has 0 unspecified atom stereocenters. The zero-order valence-corrected chi connectivity index (χ0v) is 13.7. The first-order chi connectivity index (χ1) is 10.7. The topological polar surface area (TPSA) is 12.5 Å². The number of hydrogen-bond donors (Lipinski definition) is 0. The molecule has 0 saturated carbocycles. The summed E-state index contributed by atoms with van der Waals surface area (Å²) in [6, 6.07) is 13.6. The molecule has 2 aromatic carbocycles. The van der Waals surface area contributed by atoms with Crippen LogP contribution in [0.5, 0.6) is 5.75 Å². The first kappa shape index (κ1) is 14.1. The Labute approximate surface area is 136 Å². The number of halogens is 1. The summed E-state index contributed by atoms with van der Waals surface area (Å²) >= 11 is 6.36. The molecule has 0 fully saturated rings. The number of hydrogen-bond acceptors (Lipinski definition) is 2. The van der Waals surface area contributed by atoms with Gasteiger partial charge in [0.25, 0.3) is 0 Å². The molecule has 0 radical (unpaired) electrons. The van der Waals surface area contributed by atoms with Crippen molar-refractivity contribution in [1.29, 1.82) is 0 Å². The Hall–Kier alpha value is -1.51. The standard InChI is InChI=1S/C19H20ClNO/c1-21-8-7-13-9-16(20)18(22-2)11-15(13)19-14-6-4-3-5-12(14)10-17(19)21/h3-6,9,11,17,19H,7-8,10H2,1-2H3/t17-,19+/m1/s1. The molecule has 3 heteroatoms. The molecule has 0 spiro atoms. The second-order valence-corrected chi connectivity index (χ2v) is 6.77. The monoisotopic (exact) mass is 313 g/mol. The van der Waals surface area contributed by atoms with Crippen molar-refractivity contribution >= 4 is 11.6 Å². The number of benzene rings is 2. The zero-order chi connectivity index (χ0) is 15.3. The molecule has 0 saturated heterocycles. The maximum Gasteiger partial charge on any atom is 0.137 e. The summed E-state index contributed by atoms with van der Waals surface area (Å²) in [6.45, 7) is 1.07. The number of rotatable bonds is 1. The summed E-state index contributed by atoms with van der Waals surface area (Å²) in [6.07, 6.45) is 2.17. The fourth-order valence-corrected chi connectivity index (χ4v) is 4.36. The third-order valence-corrected chi connectivity index (χ3v) is 5.55. The Kier molecular flexibility index (Phi) is 3.39. The van der Waals surface area contributed by atoms with E-state index in [9.17, 15) is 0 Å². The van der Waals surface area contributed by atoms with E-state index in [1.54, 1.807) is 7.11 Å². The molecule has 2 atom stereocenters. The van der Waals surface area contributed by atoms with E-state index < -0.39 is 0 Å². The molecule has 2 aromatic rings. The van der Waals surface area contributed by atoms with Gasteiger partial charge in [-0.25, -0.2) is 0 Å². The van der Waals surface area contributed by atoms with Gasteiger partial charge in [-0.05, 0) is 54.3 Å². The Morgan fingerprint density at radius 2 is 1.95 bits per heavy atom. The van der Waals surface area contributed by atoms with Crippen LogP contribution in [0.15, 0.2) is 36.4 Å². The quantitative estimate of drug-likeness (QED) is 0.792. The first-order valence-corrected chi connectivity index (χ1v) is 8.21. The van der Waals surface area contributed by atoms with E-state index in [4.69, 9.17) is 16.3 Å². The van der Waals surface area contributed by atoms with Gasteiger partial charge < -0.3 is 9.64 Å². The van der Waals surface area contributed by atoms with Crippen molar-refractivity contribution in [2.45, 2.75) is 24.8 Å². The summed E-state index contributed by atoms with van der Waals surface area (Å²) < 4.78 is 5.47. The highest BCUT2D eigenvalue weighted by Crippen LogP contribution is 2.45. The minimum absolute atomic E-state index is 0.421. The van der Waals surface area contributed by atoms with Crippen LogP contribution in [0.3, 0.4) is 0 Å². The van der Waals surface area contributed by atoms with Gasteiger partial charge >= 0.3 is 0 Å². The predicted molar refractivity (Wildman–Crippen MR) is 90.1 cm³/mol. The largest absolute Gasteiger partial charge is 0.495 e. The summed E-state index contributed by atoms with van der Waals surface area (Å²) in [5.41, 5.74) is 5.69. The van der Waals surface area contributed by atoms with Crippen LogP contribution in [0.2, 0.25) is 5.02 Å². The lowest BCUT2D eigenvalue weighted by atomic mass is 9.87. The van der Waals surface area contributed by atoms with Gasteiger partial charge in [-0.1, -0.05) is 35.9 Å². The van der Waals surface area contributed by atoms with E-state index in [2.05, 4.69) is 48.3 Å². The molecule has 114 valence electrons. The summed E-state index contributed by atoms with van der Waals surface area (Å²) in [4.78, 5) is 2.51. The lowest BCUT2D eigenvalue weighted by Gasteiger charge is -2.27. The highest BCUT2D eigenvalue weighted by molar-refractivity contribution is 6.32. The highest BCUT2D eigenvalue weighted by atomic mass is 35.5. The number of fused-ring (bicyclic) bond motifs is 5. The average molecular weight is 314 g/mol. The molecular formula is C19H20ClNO. The highest BCUT2D eigenvalue weighted by Gasteiger charge is 2.38. The van der Waals surface area contributed by atoms with Gasteiger partial charge in [0.15, 0.2) is 0 Å². The minimum Gasteiger partial charge on any atom is -0.495 e. The molecule has 22 heavy (non-hydrogen) atoms. The fourth-order valence-electron chi connectivity index (χ4n) is 4.09. The van der Waals surface area contributed by atoms with Crippen molar-refractivity contribution in [2.75, 3.05) is 20.7 Å². The normalized spacial score (nSPS) is 23.4. The van der Waals surface area contributed by atoms with Gasteiger partial charge in [-0.2, -0.15) is 0 Å². The first-order valence-electron chi connectivity index (χ1n) is 7.83. The third-order valence-electron chi connectivity index (χ3n) is 5.25. The van der Waals surface area contributed by atoms with Crippen LogP contribution in [0.1, 0.15) is 28.2 Å². The molecular weight excluding hydrogens is 294 g/mol. The van der Waals surface area contributed by atoms with Crippen molar-refractivity contribution in [3.63, 3.8) is 0 Å². The lowest BCUT2D eigenvalue weighted by Crippen LogP contribution is -2.34. The molecule has 2 aliphatic rings. The van der Waals surface area contributed by atoms with E-state index >= 15 is 0 Å². The summed E-state index contributed by atoms with van der Waals surface area (Å²) in [5, 5.41) is 0.716. The maximum atomic E-state index is 6.36. The molecule has 1 heterocycles. The lowest BCUT2D eigenvalue weighted by molar-refractivity contribution is 0.244. The second-order valence-electron chi connectivity index (χ2n) is 6.36. The maximum absolute atomic E-state index is 6.36. The fraction of sp³-hybridized carbons (Fsp3) is 0.368. The van der Waals surface area contributed by atoms with Crippen molar-refractivity contribution in [3.8, 4) is 5.75 Å². The number of likely N-dealkylation sites (N-methyl/N-ethyl adjacent to an activating group) is 1. The Balaban J connectivity index is 1.93. The van der Waals surface area contributed by atoms with Gasteiger partial charge in [0.2, 0.25) is 0 Å². The molecule has 0 N–H and O–H groups in total. The van der Waals surface area contributed by atoms with Crippen LogP contribution in [0.25, 0.3) is 0 Å². The number of nitrogens with zero attached hydrogens (tertiary/aromatic N) is 1. The number of ether oxygens (including phenoxy) is 1. The molecule has 0 bridgehead atoms. The van der Waals surface area contributed by atoms with Crippen LogP contribution in [-0.2, 0) is 12.8 Å². The minimum atomic E-state index is 0.421.